The largest absolute Gasteiger partial charge is 0.340 e. The third-order valence-electron chi connectivity index (χ3n) is 4.44. The molecule has 6 nitrogen and oxygen atoms in total. The van der Waals surface area contributed by atoms with E-state index < -0.39 is 0 Å². The van der Waals surface area contributed by atoms with E-state index in [1.807, 2.05) is 4.90 Å². The van der Waals surface area contributed by atoms with Gasteiger partial charge in [-0.05, 0) is 28.4 Å². The Morgan fingerprint density at radius 1 is 1.27 bits per heavy atom. The molecule has 1 amide bonds. The maximum Gasteiger partial charge on any atom is 0.251 e. The van der Waals surface area contributed by atoms with E-state index in [1.165, 1.54) is 10.6 Å². The number of carbonyl (C=O) groups is 1. The topological polar surface area (TPSA) is 57.6 Å². The Morgan fingerprint density at radius 3 is 2.82 bits per heavy atom. The van der Waals surface area contributed by atoms with Crippen LogP contribution in [0.5, 0.6) is 0 Å². The smallest absolute Gasteiger partial charge is 0.251 e. The molecule has 3 rings (SSSR count). The Balaban J connectivity index is 1.59. The SMILES string of the molecule is O=C(Cn1cc(Br)ccc1=O)N1CCC(N2CCNCC2)C1. The van der Waals surface area contributed by atoms with E-state index in [4.69, 9.17) is 0 Å². The lowest BCUT2D eigenvalue weighted by atomic mass is 10.2. The van der Waals surface area contributed by atoms with E-state index >= 15 is 0 Å². The summed E-state index contributed by atoms with van der Waals surface area (Å²) >= 11 is 3.33. The number of aromatic nitrogens is 1. The number of amides is 1. The van der Waals surface area contributed by atoms with Crippen molar-refractivity contribution in [1.29, 1.82) is 0 Å². The molecule has 0 aromatic carbocycles. The molecule has 1 aromatic rings. The number of nitrogens with zero attached hydrogens (tertiary/aromatic N) is 3. The van der Waals surface area contributed by atoms with Gasteiger partial charge in [-0.2, -0.15) is 0 Å². The van der Waals surface area contributed by atoms with Gasteiger partial charge in [0, 0.05) is 62.0 Å². The van der Waals surface area contributed by atoms with Crippen molar-refractivity contribution >= 4 is 21.8 Å². The lowest BCUT2D eigenvalue weighted by Crippen LogP contribution is -2.49. The zero-order valence-corrected chi connectivity index (χ0v) is 14.1. The van der Waals surface area contributed by atoms with Crippen LogP contribution in [0.25, 0.3) is 0 Å². The van der Waals surface area contributed by atoms with Crippen LogP contribution in [0.3, 0.4) is 0 Å². The number of nitrogens with one attached hydrogen (secondary N) is 1. The first-order valence-corrected chi connectivity index (χ1v) is 8.51. The Hall–Kier alpha value is -1.18. The highest BCUT2D eigenvalue weighted by Gasteiger charge is 2.30. The summed E-state index contributed by atoms with van der Waals surface area (Å²) in [4.78, 5) is 28.6. The van der Waals surface area contributed by atoms with Gasteiger partial charge in [0.25, 0.3) is 5.56 Å². The van der Waals surface area contributed by atoms with Gasteiger partial charge in [-0.15, -0.1) is 0 Å². The van der Waals surface area contributed by atoms with Gasteiger partial charge in [-0.1, -0.05) is 0 Å². The molecule has 0 aliphatic carbocycles. The summed E-state index contributed by atoms with van der Waals surface area (Å²) in [6, 6.07) is 3.63. The van der Waals surface area contributed by atoms with Gasteiger partial charge in [0.05, 0.1) is 0 Å². The van der Waals surface area contributed by atoms with Crippen LogP contribution in [0.4, 0.5) is 0 Å². The molecule has 0 saturated carbocycles. The van der Waals surface area contributed by atoms with Gasteiger partial charge in [0.1, 0.15) is 6.54 Å². The average Bonchev–Trinajstić information content (AvgIpc) is 3.02. The predicted octanol–water partition coefficient (Wildman–Crippen LogP) is 0.117. The summed E-state index contributed by atoms with van der Waals surface area (Å²) in [7, 11) is 0. The summed E-state index contributed by atoms with van der Waals surface area (Å²) < 4.78 is 2.27. The van der Waals surface area contributed by atoms with Crippen LogP contribution in [0, 0.1) is 0 Å². The molecular weight excluding hydrogens is 348 g/mol. The highest BCUT2D eigenvalue weighted by molar-refractivity contribution is 9.10. The summed E-state index contributed by atoms with van der Waals surface area (Å²) in [6.07, 6.45) is 2.70. The van der Waals surface area contributed by atoms with E-state index in [-0.39, 0.29) is 18.0 Å². The highest BCUT2D eigenvalue weighted by Crippen LogP contribution is 2.16. The Morgan fingerprint density at radius 2 is 2.05 bits per heavy atom. The summed E-state index contributed by atoms with van der Waals surface area (Å²) in [5.41, 5.74) is -0.144. The summed E-state index contributed by atoms with van der Waals surface area (Å²) in [6.45, 7) is 5.84. The van der Waals surface area contributed by atoms with E-state index in [2.05, 4.69) is 26.1 Å². The van der Waals surface area contributed by atoms with Crippen LogP contribution in [-0.2, 0) is 11.3 Å². The minimum atomic E-state index is -0.144. The molecule has 3 heterocycles. The van der Waals surface area contributed by atoms with Gasteiger partial charge in [-0.3, -0.25) is 14.5 Å². The van der Waals surface area contributed by atoms with Gasteiger partial charge in [-0.25, -0.2) is 0 Å². The van der Waals surface area contributed by atoms with E-state index in [9.17, 15) is 9.59 Å². The molecule has 1 unspecified atom stereocenters. The zero-order chi connectivity index (χ0) is 15.5. The molecule has 2 saturated heterocycles. The second-order valence-electron chi connectivity index (χ2n) is 5.88. The van der Waals surface area contributed by atoms with Crippen LogP contribution < -0.4 is 10.9 Å². The molecule has 2 aliphatic heterocycles. The summed E-state index contributed by atoms with van der Waals surface area (Å²) in [5.74, 6) is 0.0258. The first kappa shape index (κ1) is 15.7. The maximum atomic E-state index is 12.4. The molecule has 1 N–H and O–H groups in total. The fourth-order valence-corrected chi connectivity index (χ4v) is 3.56. The van der Waals surface area contributed by atoms with Crippen LogP contribution in [0.15, 0.2) is 27.6 Å². The van der Waals surface area contributed by atoms with E-state index in [0.717, 1.165) is 50.2 Å². The molecule has 0 spiro atoms. The van der Waals surface area contributed by atoms with Crippen molar-refractivity contribution in [2.75, 3.05) is 39.3 Å². The normalized spacial score (nSPS) is 23.0. The quantitative estimate of drug-likeness (QED) is 0.822. The van der Waals surface area contributed by atoms with Crippen molar-refractivity contribution in [3.8, 4) is 0 Å². The molecular formula is C15H21BrN4O2. The van der Waals surface area contributed by atoms with E-state index in [0.29, 0.717) is 6.04 Å². The Bertz CT molecular complexity index is 597. The van der Waals surface area contributed by atoms with Crippen molar-refractivity contribution in [2.45, 2.75) is 19.0 Å². The first-order valence-electron chi connectivity index (χ1n) is 7.72. The fraction of sp³-hybridized carbons (Fsp3) is 0.600. The fourth-order valence-electron chi connectivity index (χ4n) is 3.19. The monoisotopic (exact) mass is 368 g/mol. The molecule has 0 radical (unpaired) electrons. The third-order valence-corrected chi connectivity index (χ3v) is 4.91. The van der Waals surface area contributed by atoms with E-state index in [1.54, 1.807) is 12.3 Å². The van der Waals surface area contributed by atoms with Gasteiger partial charge >= 0.3 is 0 Å². The molecule has 2 aliphatic rings. The lowest BCUT2D eigenvalue weighted by molar-refractivity contribution is -0.131. The minimum Gasteiger partial charge on any atom is -0.340 e. The number of rotatable bonds is 3. The van der Waals surface area contributed by atoms with Crippen molar-refractivity contribution in [3.63, 3.8) is 0 Å². The lowest BCUT2D eigenvalue weighted by Gasteiger charge is -2.32. The number of hydrogen-bond donors (Lipinski definition) is 1. The number of hydrogen-bond acceptors (Lipinski definition) is 4. The number of halogens is 1. The Labute approximate surface area is 138 Å². The van der Waals surface area contributed by atoms with Crippen molar-refractivity contribution in [2.24, 2.45) is 0 Å². The number of carbonyl (C=O) groups excluding carboxylic acids is 1. The third kappa shape index (κ3) is 3.59. The van der Waals surface area contributed by atoms with Crippen LogP contribution in [0.2, 0.25) is 0 Å². The van der Waals surface area contributed by atoms with Crippen molar-refractivity contribution in [3.05, 3.63) is 33.2 Å². The number of likely N-dealkylation sites (tertiary alicyclic amines) is 1. The molecule has 0 bridgehead atoms. The molecule has 22 heavy (non-hydrogen) atoms. The predicted molar refractivity (Wildman–Crippen MR) is 87.8 cm³/mol. The Kier molecular flexibility index (Phi) is 4.95. The minimum absolute atomic E-state index is 0.0258. The molecule has 1 atom stereocenters. The molecule has 7 heteroatoms. The summed E-state index contributed by atoms with van der Waals surface area (Å²) in [5, 5.41) is 3.35. The second-order valence-corrected chi connectivity index (χ2v) is 6.80. The molecule has 2 fully saturated rings. The van der Waals surface area contributed by atoms with Gasteiger partial charge in [0.15, 0.2) is 0 Å². The van der Waals surface area contributed by atoms with Crippen LogP contribution in [0.1, 0.15) is 6.42 Å². The van der Waals surface area contributed by atoms with Crippen LogP contribution in [-0.4, -0.2) is 65.6 Å². The molecule has 120 valence electrons. The second kappa shape index (κ2) is 6.93. The standard InChI is InChI=1S/C15H21BrN4O2/c16-12-1-2-14(21)20(9-12)11-15(22)19-6-3-13(10-19)18-7-4-17-5-8-18/h1-2,9,13,17H,3-8,10-11H2. The number of piperazine rings is 1. The van der Waals surface area contributed by atoms with Gasteiger partial charge in [0.2, 0.25) is 5.91 Å². The van der Waals surface area contributed by atoms with Crippen LogP contribution >= 0.6 is 15.9 Å². The maximum absolute atomic E-state index is 12.4. The molecule has 1 aromatic heterocycles. The zero-order valence-electron chi connectivity index (χ0n) is 12.5. The first-order chi connectivity index (χ1) is 10.6. The van der Waals surface area contributed by atoms with Gasteiger partial charge < -0.3 is 14.8 Å². The van der Waals surface area contributed by atoms with Crippen molar-refractivity contribution < 1.29 is 4.79 Å². The number of pyridine rings is 1. The highest BCUT2D eigenvalue weighted by atomic mass is 79.9. The van der Waals surface area contributed by atoms with Crippen molar-refractivity contribution in [1.82, 2.24) is 19.7 Å². The average molecular weight is 369 g/mol.